The van der Waals surface area contributed by atoms with Gasteiger partial charge in [-0.1, -0.05) is 23.2 Å². The molecule has 1 aliphatic heterocycles. The fraction of sp³-hybridized carbons (Fsp3) is 0.462. The fourth-order valence-corrected chi connectivity index (χ4v) is 2.29. The molecule has 0 bridgehead atoms. The molecule has 0 N–H and O–H groups in total. The van der Waals surface area contributed by atoms with Gasteiger partial charge < -0.3 is 14.4 Å². The van der Waals surface area contributed by atoms with E-state index in [-0.39, 0.29) is 24.8 Å². The topological polar surface area (TPSA) is 38.8 Å². The Balaban J connectivity index is 1.91. The highest BCUT2D eigenvalue weighted by atomic mass is 35.5. The molecule has 0 spiro atoms. The van der Waals surface area contributed by atoms with E-state index in [2.05, 4.69) is 0 Å². The van der Waals surface area contributed by atoms with E-state index in [0.717, 1.165) is 0 Å². The minimum atomic E-state index is -0.300. The van der Waals surface area contributed by atoms with Crippen LogP contribution >= 0.6 is 23.2 Å². The van der Waals surface area contributed by atoms with E-state index in [0.29, 0.717) is 22.3 Å². The van der Waals surface area contributed by atoms with Crippen molar-refractivity contribution in [3.05, 3.63) is 28.2 Å². The first-order valence-electron chi connectivity index (χ1n) is 6.02. The second kappa shape index (κ2) is 5.88. The number of cyclic esters (lactones) is 1. The molecule has 1 atom stereocenters. The van der Waals surface area contributed by atoms with Gasteiger partial charge in [0.15, 0.2) is 6.10 Å². The van der Waals surface area contributed by atoms with E-state index >= 15 is 0 Å². The molecule has 1 aromatic carbocycles. The smallest absolute Gasteiger partial charge is 0.410 e. The number of amides is 1. The molecule has 1 aromatic rings. The summed E-state index contributed by atoms with van der Waals surface area (Å²) in [6, 6.07) is 5.13. The lowest BCUT2D eigenvalue weighted by atomic mass is 10.3. The second-order valence-corrected chi connectivity index (χ2v) is 5.48. The zero-order chi connectivity index (χ0) is 14.0. The van der Waals surface area contributed by atoms with Crippen molar-refractivity contribution in [1.29, 1.82) is 0 Å². The summed E-state index contributed by atoms with van der Waals surface area (Å²) in [6.45, 7) is 4.69. The van der Waals surface area contributed by atoms with Gasteiger partial charge in [-0.3, -0.25) is 0 Å². The number of carbonyl (C=O) groups is 1. The lowest BCUT2D eigenvalue weighted by molar-refractivity contribution is 0.102. The van der Waals surface area contributed by atoms with Crippen molar-refractivity contribution in [1.82, 2.24) is 4.90 Å². The molecule has 1 amide bonds. The van der Waals surface area contributed by atoms with E-state index < -0.39 is 0 Å². The quantitative estimate of drug-likeness (QED) is 0.853. The maximum absolute atomic E-state index is 11.6. The van der Waals surface area contributed by atoms with Gasteiger partial charge in [-0.05, 0) is 32.0 Å². The maximum atomic E-state index is 11.6. The predicted molar refractivity (Wildman–Crippen MR) is 74.1 cm³/mol. The van der Waals surface area contributed by atoms with Gasteiger partial charge in [-0.15, -0.1) is 0 Å². The molecule has 6 heteroatoms. The van der Waals surface area contributed by atoms with Crippen LogP contribution in [0.3, 0.4) is 0 Å². The predicted octanol–water partition coefficient (Wildman–Crippen LogP) is 3.60. The molecule has 0 aromatic heterocycles. The average Bonchev–Trinajstić information content (AvgIpc) is 2.69. The Kier molecular flexibility index (Phi) is 4.42. The third-order valence-corrected chi connectivity index (χ3v) is 3.37. The molecule has 1 saturated heterocycles. The molecule has 1 aliphatic rings. The van der Waals surface area contributed by atoms with Crippen molar-refractivity contribution in [3.63, 3.8) is 0 Å². The van der Waals surface area contributed by atoms with E-state index in [1.807, 2.05) is 13.8 Å². The van der Waals surface area contributed by atoms with Gasteiger partial charge in [0.05, 0.1) is 11.6 Å². The minimum absolute atomic E-state index is 0.122. The number of nitrogens with zero attached hydrogens (tertiary/aromatic N) is 1. The van der Waals surface area contributed by atoms with Crippen molar-refractivity contribution in [2.45, 2.75) is 26.0 Å². The van der Waals surface area contributed by atoms with Crippen molar-refractivity contribution in [2.24, 2.45) is 0 Å². The Morgan fingerprint density at radius 2 is 2.21 bits per heavy atom. The lowest BCUT2D eigenvalue weighted by Crippen LogP contribution is -2.32. The zero-order valence-corrected chi connectivity index (χ0v) is 12.2. The molecule has 1 heterocycles. The fourth-order valence-electron chi connectivity index (χ4n) is 1.82. The zero-order valence-electron chi connectivity index (χ0n) is 10.7. The third kappa shape index (κ3) is 3.45. The second-order valence-electron chi connectivity index (χ2n) is 4.64. The van der Waals surface area contributed by atoms with E-state index in [1.54, 1.807) is 23.1 Å². The van der Waals surface area contributed by atoms with Crippen LogP contribution in [0.25, 0.3) is 0 Å². The molecule has 0 unspecified atom stereocenters. The highest BCUT2D eigenvalue weighted by Crippen LogP contribution is 2.28. The van der Waals surface area contributed by atoms with Gasteiger partial charge in [0.25, 0.3) is 0 Å². The molecule has 1 fully saturated rings. The Labute approximate surface area is 122 Å². The van der Waals surface area contributed by atoms with E-state index in [9.17, 15) is 4.79 Å². The Morgan fingerprint density at radius 3 is 2.79 bits per heavy atom. The first-order valence-corrected chi connectivity index (χ1v) is 6.78. The summed E-state index contributed by atoms with van der Waals surface area (Å²) < 4.78 is 10.8. The Bertz CT molecular complexity index is 479. The number of carbonyl (C=O) groups excluding carboxylic acids is 1. The first kappa shape index (κ1) is 14.3. The molecule has 0 aliphatic carbocycles. The Morgan fingerprint density at radius 1 is 1.47 bits per heavy atom. The van der Waals surface area contributed by atoms with Gasteiger partial charge in [-0.25, -0.2) is 4.79 Å². The van der Waals surface area contributed by atoms with Crippen LogP contribution in [0.15, 0.2) is 18.2 Å². The number of ether oxygens (including phenoxy) is 2. The SMILES string of the molecule is CC(C)N1C[C@H](COc2ccc(Cl)cc2Cl)OC1=O. The van der Waals surface area contributed by atoms with Crippen molar-refractivity contribution in [2.75, 3.05) is 13.2 Å². The molecule has 19 heavy (non-hydrogen) atoms. The van der Waals surface area contributed by atoms with Crippen LogP contribution < -0.4 is 4.74 Å². The van der Waals surface area contributed by atoms with Gasteiger partial charge in [-0.2, -0.15) is 0 Å². The minimum Gasteiger partial charge on any atom is -0.488 e. The van der Waals surface area contributed by atoms with Crippen LogP contribution in [0, 0.1) is 0 Å². The molecule has 104 valence electrons. The van der Waals surface area contributed by atoms with Gasteiger partial charge in [0.1, 0.15) is 12.4 Å². The summed E-state index contributed by atoms with van der Waals surface area (Å²) >= 11 is 11.8. The monoisotopic (exact) mass is 303 g/mol. The molecule has 0 radical (unpaired) electrons. The summed E-state index contributed by atoms with van der Waals surface area (Å²) in [4.78, 5) is 13.2. The number of hydrogen-bond acceptors (Lipinski definition) is 3. The van der Waals surface area contributed by atoms with Crippen LogP contribution in [0.4, 0.5) is 4.79 Å². The van der Waals surface area contributed by atoms with Crippen molar-refractivity contribution in [3.8, 4) is 5.75 Å². The van der Waals surface area contributed by atoms with Crippen LogP contribution in [-0.4, -0.2) is 36.3 Å². The summed E-state index contributed by atoms with van der Waals surface area (Å²) in [7, 11) is 0. The molecular weight excluding hydrogens is 289 g/mol. The first-order chi connectivity index (χ1) is 8.97. The average molecular weight is 304 g/mol. The maximum Gasteiger partial charge on any atom is 0.410 e. The van der Waals surface area contributed by atoms with E-state index in [4.69, 9.17) is 32.7 Å². The number of rotatable bonds is 4. The summed E-state index contributed by atoms with van der Waals surface area (Å²) in [5.41, 5.74) is 0. The standard InChI is InChI=1S/C13H15Cl2NO3/c1-8(2)16-6-10(19-13(16)17)7-18-12-4-3-9(14)5-11(12)15/h3-5,8,10H,6-7H2,1-2H3/t10-/m1/s1. The highest BCUT2D eigenvalue weighted by molar-refractivity contribution is 6.35. The third-order valence-electron chi connectivity index (χ3n) is 2.84. The number of halogens is 2. The highest BCUT2D eigenvalue weighted by Gasteiger charge is 2.33. The molecular formula is C13H15Cl2NO3. The number of benzene rings is 1. The van der Waals surface area contributed by atoms with Crippen LogP contribution in [0.1, 0.15) is 13.8 Å². The van der Waals surface area contributed by atoms with Crippen LogP contribution in [-0.2, 0) is 4.74 Å². The summed E-state index contributed by atoms with van der Waals surface area (Å²) in [5.74, 6) is 0.533. The van der Waals surface area contributed by atoms with Crippen LogP contribution in [0.2, 0.25) is 10.0 Å². The van der Waals surface area contributed by atoms with Gasteiger partial charge >= 0.3 is 6.09 Å². The van der Waals surface area contributed by atoms with Crippen molar-refractivity contribution < 1.29 is 14.3 Å². The van der Waals surface area contributed by atoms with Gasteiger partial charge in [0, 0.05) is 11.1 Å². The normalized spacial score (nSPS) is 18.9. The molecule has 0 saturated carbocycles. The molecule has 4 nitrogen and oxygen atoms in total. The largest absolute Gasteiger partial charge is 0.488 e. The lowest BCUT2D eigenvalue weighted by Gasteiger charge is -2.17. The number of hydrogen-bond donors (Lipinski definition) is 0. The van der Waals surface area contributed by atoms with Gasteiger partial charge in [0.2, 0.25) is 0 Å². The summed E-state index contributed by atoms with van der Waals surface area (Å²) in [6.07, 6.45) is -0.576. The van der Waals surface area contributed by atoms with E-state index in [1.165, 1.54) is 0 Å². The summed E-state index contributed by atoms with van der Waals surface area (Å²) in [5, 5.41) is 0.994. The molecule has 2 rings (SSSR count). The Hall–Kier alpha value is -1.13. The van der Waals surface area contributed by atoms with Crippen molar-refractivity contribution >= 4 is 29.3 Å². The van der Waals surface area contributed by atoms with Crippen LogP contribution in [0.5, 0.6) is 5.75 Å².